The lowest BCUT2D eigenvalue weighted by Gasteiger charge is -2.24. The van der Waals surface area contributed by atoms with E-state index in [4.69, 9.17) is 4.74 Å². The third kappa shape index (κ3) is 4.97. The molecule has 1 amide bonds. The fourth-order valence-electron chi connectivity index (χ4n) is 2.13. The van der Waals surface area contributed by atoms with E-state index in [1.54, 1.807) is 25.7 Å². The van der Waals surface area contributed by atoms with E-state index in [2.05, 4.69) is 15.3 Å². The van der Waals surface area contributed by atoms with Gasteiger partial charge in [0.2, 0.25) is 0 Å². The van der Waals surface area contributed by atoms with Crippen molar-refractivity contribution in [2.24, 2.45) is 0 Å². The van der Waals surface area contributed by atoms with Crippen LogP contribution in [0.1, 0.15) is 32.9 Å². The van der Waals surface area contributed by atoms with Crippen molar-refractivity contribution in [3.05, 3.63) is 18.1 Å². The first-order valence-electron chi connectivity index (χ1n) is 7.18. The molecule has 2 heterocycles. The Hall–Kier alpha value is -2.06. The molecule has 1 fully saturated rings. The van der Waals surface area contributed by atoms with E-state index < -0.39 is 23.6 Å². The van der Waals surface area contributed by atoms with Crippen LogP contribution in [0.4, 0.5) is 23.8 Å². The van der Waals surface area contributed by atoms with Gasteiger partial charge in [0.15, 0.2) is 5.69 Å². The number of nitrogens with zero attached hydrogens (tertiary/aromatic N) is 3. The van der Waals surface area contributed by atoms with Gasteiger partial charge < -0.3 is 15.0 Å². The van der Waals surface area contributed by atoms with Gasteiger partial charge in [0.1, 0.15) is 11.4 Å². The number of hydrogen-bond acceptors (Lipinski definition) is 5. The van der Waals surface area contributed by atoms with Crippen molar-refractivity contribution in [1.82, 2.24) is 14.9 Å². The molecule has 1 atom stereocenters. The van der Waals surface area contributed by atoms with E-state index in [0.717, 1.165) is 6.20 Å². The molecule has 1 N–H and O–H groups in total. The van der Waals surface area contributed by atoms with Crippen molar-refractivity contribution in [1.29, 1.82) is 0 Å². The Morgan fingerprint density at radius 2 is 2.00 bits per heavy atom. The second-order valence-corrected chi connectivity index (χ2v) is 6.34. The average molecular weight is 332 g/mol. The summed E-state index contributed by atoms with van der Waals surface area (Å²) in [6.07, 6.45) is -2.53. The molecule has 1 aliphatic heterocycles. The minimum absolute atomic E-state index is 0.103. The molecule has 0 bridgehead atoms. The molecule has 9 heteroatoms. The second-order valence-electron chi connectivity index (χ2n) is 6.34. The summed E-state index contributed by atoms with van der Waals surface area (Å²) < 4.78 is 42.5. The predicted molar refractivity (Wildman–Crippen MR) is 76.9 cm³/mol. The van der Waals surface area contributed by atoms with Crippen molar-refractivity contribution in [2.75, 3.05) is 18.4 Å². The zero-order valence-corrected chi connectivity index (χ0v) is 13.1. The fraction of sp³-hybridized carbons (Fsp3) is 0.643. The number of carbonyl (C=O) groups is 1. The van der Waals surface area contributed by atoms with Crippen LogP contribution in [0.15, 0.2) is 12.4 Å². The Morgan fingerprint density at radius 3 is 2.52 bits per heavy atom. The van der Waals surface area contributed by atoms with Crippen molar-refractivity contribution >= 4 is 11.9 Å². The topological polar surface area (TPSA) is 67.3 Å². The number of anilines is 1. The highest BCUT2D eigenvalue weighted by Gasteiger charge is 2.33. The summed E-state index contributed by atoms with van der Waals surface area (Å²) >= 11 is 0. The van der Waals surface area contributed by atoms with E-state index in [1.807, 2.05) is 0 Å². The first-order valence-corrected chi connectivity index (χ1v) is 7.18. The van der Waals surface area contributed by atoms with Crippen LogP contribution in [-0.4, -0.2) is 45.7 Å². The number of amides is 1. The normalized spacial score (nSPS) is 18.9. The minimum atomic E-state index is -4.51. The lowest BCUT2D eigenvalue weighted by Crippen LogP contribution is -2.36. The van der Waals surface area contributed by atoms with Crippen LogP contribution < -0.4 is 5.32 Å². The zero-order chi connectivity index (χ0) is 17.3. The Kier molecular flexibility index (Phi) is 4.67. The lowest BCUT2D eigenvalue weighted by molar-refractivity contribution is -0.141. The Morgan fingerprint density at radius 1 is 1.30 bits per heavy atom. The number of carbonyl (C=O) groups excluding carboxylic acids is 1. The number of alkyl halides is 3. The van der Waals surface area contributed by atoms with E-state index in [9.17, 15) is 18.0 Å². The number of halogens is 3. The summed E-state index contributed by atoms with van der Waals surface area (Å²) in [5, 5.41) is 2.98. The van der Waals surface area contributed by atoms with E-state index in [-0.39, 0.29) is 11.9 Å². The van der Waals surface area contributed by atoms with E-state index in [0.29, 0.717) is 25.7 Å². The van der Waals surface area contributed by atoms with Crippen LogP contribution in [-0.2, 0) is 10.9 Å². The van der Waals surface area contributed by atoms with Gasteiger partial charge in [0.25, 0.3) is 0 Å². The third-order valence-corrected chi connectivity index (χ3v) is 3.13. The van der Waals surface area contributed by atoms with Crippen LogP contribution in [0.3, 0.4) is 0 Å². The van der Waals surface area contributed by atoms with Crippen molar-refractivity contribution in [2.45, 2.75) is 45.0 Å². The molecule has 1 aromatic rings. The smallest absolute Gasteiger partial charge is 0.434 e. The highest BCUT2D eigenvalue weighted by Crippen LogP contribution is 2.27. The molecule has 1 saturated heterocycles. The number of aromatic nitrogens is 2. The molecule has 0 saturated carbocycles. The van der Waals surface area contributed by atoms with E-state index in [1.165, 1.54) is 0 Å². The zero-order valence-electron chi connectivity index (χ0n) is 13.1. The SMILES string of the molecule is CC(C)(C)OC(=O)N1CC[C@H](Nc2cnc(C(F)(F)F)cn2)C1. The van der Waals surface area contributed by atoms with Gasteiger partial charge in [-0.05, 0) is 27.2 Å². The molecule has 0 unspecified atom stereocenters. The average Bonchev–Trinajstić information content (AvgIpc) is 2.85. The number of likely N-dealkylation sites (tertiary alicyclic amines) is 1. The van der Waals surface area contributed by atoms with Crippen LogP contribution in [0, 0.1) is 0 Å². The molecule has 1 aliphatic rings. The standard InChI is InChI=1S/C14H19F3N4O2/c1-13(2,3)23-12(22)21-5-4-9(8-21)20-11-7-18-10(6-19-11)14(15,16)17/h6-7,9H,4-5,8H2,1-3H3,(H,19,20)/t9-/m0/s1. The summed E-state index contributed by atoms with van der Waals surface area (Å²) in [6, 6.07) is -0.103. The molecule has 128 valence electrons. The molecule has 23 heavy (non-hydrogen) atoms. The summed E-state index contributed by atoms with van der Waals surface area (Å²) in [5.41, 5.74) is -1.61. The Balaban J connectivity index is 1.89. The second kappa shape index (κ2) is 6.21. The molecule has 0 aromatic carbocycles. The summed E-state index contributed by atoms with van der Waals surface area (Å²) in [6.45, 7) is 6.27. The van der Waals surface area contributed by atoms with Crippen LogP contribution >= 0.6 is 0 Å². The largest absolute Gasteiger partial charge is 0.444 e. The van der Waals surface area contributed by atoms with Gasteiger partial charge in [0.05, 0.1) is 12.4 Å². The maximum Gasteiger partial charge on any atom is 0.434 e. The maximum atomic E-state index is 12.4. The molecule has 0 radical (unpaired) electrons. The fourth-order valence-corrected chi connectivity index (χ4v) is 2.13. The van der Waals surface area contributed by atoms with Gasteiger partial charge in [-0.25, -0.2) is 14.8 Å². The predicted octanol–water partition coefficient (Wildman–Crippen LogP) is 2.92. The number of nitrogens with one attached hydrogen (secondary N) is 1. The van der Waals surface area contributed by atoms with Crippen LogP contribution in [0.2, 0.25) is 0 Å². The first-order chi connectivity index (χ1) is 10.5. The highest BCUT2D eigenvalue weighted by molar-refractivity contribution is 5.68. The van der Waals surface area contributed by atoms with Gasteiger partial charge in [-0.3, -0.25) is 0 Å². The lowest BCUT2D eigenvalue weighted by atomic mass is 10.2. The van der Waals surface area contributed by atoms with Crippen molar-refractivity contribution in [3.63, 3.8) is 0 Å². The molecule has 2 rings (SSSR count). The Bertz CT molecular complexity index is 555. The molecular weight excluding hydrogens is 313 g/mol. The monoisotopic (exact) mass is 332 g/mol. The van der Waals surface area contributed by atoms with Gasteiger partial charge in [-0.2, -0.15) is 13.2 Å². The molecule has 0 aliphatic carbocycles. The summed E-state index contributed by atoms with van der Waals surface area (Å²) in [7, 11) is 0. The van der Waals surface area contributed by atoms with Crippen LogP contribution in [0.25, 0.3) is 0 Å². The molecular formula is C14H19F3N4O2. The quantitative estimate of drug-likeness (QED) is 0.902. The molecule has 1 aromatic heterocycles. The first kappa shape index (κ1) is 17.3. The Labute approximate surface area is 132 Å². The van der Waals surface area contributed by atoms with E-state index >= 15 is 0 Å². The van der Waals surface area contributed by atoms with Gasteiger partial charge in [0, 0.05) is 19.1 Å². The molecule has 6 nitrogen and oxygen atoms in total. The minimum Gasteiger partial charge on any atom is -0.444 e. The third-order valence-electron chi connectivity index (χ3n) is 3.13. The van der Waals surface area contributed by atoms with Gasteiger partial charge in [-0.1, -0.05) is 0 Å². The highest BCUT2D eigenvalue weighted by atomic mass is 19.4. The molecule has 0 spiro atoms. The summed E-state index contributed by atoms with van der Waals surface area (Å²) in [5.74, 6) is 0.244. The number of ether oxygens (including phenoxy) is 1. The number of hydrogen-bond donors (Lipinski definition) is 1. The van der Waals surface area contributed by atoms with Gasteiger partial charge in [-0.15, -0.1) is 0 Å². The van der Waals surface area contributed by atoms with Crippen molar-refractivity contribution < 1.29 is 22.7 Å². The van der Waals surface area contributed by atoms with Crippen LogP contribution in [0.5, 0.6) is 0 Å². The van der Waals surface area contributed by atoms with Crippen molar-refractivity contribution in [3.8, 4) is 0 Å². The van der Waals surface area contributed by atoms with Gasteiger partial charge >= 0.3 is 12.3 Å². The summed E-state index contributed by atoms with van der Waals surface area (Å²) in [4.78, 5) is 20.5. The maximum absolute atomic E-state index is 12.4. The number of rotatable bonds is 2.